The van der Waals surface area contributed by atoms with Gasteiger partial charge in [-0.1, -0.05) is 31.2 Å². The molecule has 0 saturated carbocycles. The predicted molar refractivity (Wildman–Crippen MR) is 145 cm³/mol. The van der Waals surface area contributed by atoms with Crippen molar-refractivity contribution in [3.63, 3.8) is 0 Å². The first kappa shape index (κ1) is 23.7. The van der Waals surface area contributed by atoms with Crippen LogP contribution in [0.1, 0.15) is 42.4 Å². The van der Waals surface area contributed by atoms with Crippen LogP contribution in [0.4, 0.5) is 5.69 Å². The molecule has 2 N–H and O–H groups in total. The van der Waals surface area contributed by atoms with Crippen LogP contribution in [0.25, 0.3) is 5.69 Å². The molecule has 0 aliphatic carbocycles. The summed E-state index contributed by atoms with van der Waals surface area (Å²) in [5.41, 5.74) is 4.95. The minimum atomic E-state index is -0.155. The molecule has 1 aromatic carbocycles. The van der Waals surface area contributed by atoms with Crippen LogP contribution in [0.3, 0.4) is 0 Å². The zero-order valence-electron chi connectivity index (χ0n) is 20.0. The number of hydrogen-bond acceptors (Lipinski definition) is 4. The van der Waals surface area contributed by atoms with Gasteiger partial charge in [0.1, 0.15) is 0 Å². The van der Waals surface area contributed by atoms with Crippen LogP contribution in [-0.2, 0) is 11.2 Å². The van der Waals surface area contributed by atoms with Gasteiger partial charge in [-0.3, -0.25) is 14.8 Å². The van der Waals surface area contributed by atoms with Crippen LogP contribution in [0.2, 0.25) is 0 Å². The number of aryl methyl sites for hydroxylation is 1. The zero-order valence-corrected chi connectivity index (χ0v) is 20.9. The lowest BCUT2D eigenvalue weighted by atomic mass is 10.0. The number of benzene rings is 1. The highest BCUT2D eigenvalue weighted by molar-refractivity contribution is 7.80. The maximum Gasteiger partial charge on any atom is 0.226 e. The van der Waals surface area contributed by atoms with Crippen LogP contribution in [0.5, 0.6) is 0 Å². The number of thiocarbonyl (C=S) groups is 1. The molecule has 36 heavy (non-hydrogen) atoms. The summed E-state index contributed by atoms with van der Waals surface area (Å²) in [5.74, 6) is -0.0387. The van der Waals surface area contributed by atoms with E-state index < -0.39 is 0 Å². The van der Waals surface area contributed by atoms with E-state index in [0.29, 0.717) is 18.1 Å². The lowest BCUT2D eigenvalue weighted by Crippen LogP contribution is -2.33. The van der Waals surface area contributed by atoms with Gasteiger partial charge in [0.15, 0.2) is 5.11 Å². The highest BCUT2D eigenvalue weighted by Crippen LogP contribution is 2.39. The largest absolute Gasteiger partial charge is 0.352 e. The highest BCUT2D eigenvalue weighted by atomic mass is 32.1. The Hall–Kier alpha value is -4.04. The molecule has 8 heteroatoms. The number of pyridine rings is 2. The van der Waals surface area contributed by atoms with E-state index in [1.54, 1.807) is 18.6 Å². The molecule has 5 rings (SSSR count). The lowest BCUT2D eigenvalue weighted by Gasteiger charge is -2.28. The first-order chi connectivity index (χ1) is 17.7. The Labute approximate surface area is 216 Å². The molecule has 4 aromatic rings. The van der Waals surface area contributed by atoms with Gasteiger partial charge < -0.3 is 20.1 Å². The number of amides is 1. The Morgan fingerprint density at radius 3 is 2.61 bits per heavy atom. The van der Waals surface area contributed by atoms with E-state index in [2.05, 4.69) is 43.1 Å². The van der Waals surface area contributed by atoms with Gasteiger partial charge in [-0.15, -0.1) is 0 Å². The Morgan fingerprint density at radius 2 is 1.83 bits per heavy atom. The van der Waals surface area contributed by atoms with Gasteiger partial charge in [0, 0.05) is 54.8 Å². The molecule has 1 aliphatic rings. The molecule has 3 aromatic heterocycles. The molecule has 1 saturated heterocycles. The summed E-state index contributed by atoms with van der Waals surface area (Å²) in [6, 6.07) is 21.6. The molecule has 4 heterocycles. The molecule has 0 unspecified atom stereocenters. The number of rotatable bonds is 8. The van der Waals surface area contributed by atoms with Crippen molar-refractivity contribution >= 4 is 28.9 Å². The third-order valence-electron chi connectivity index (χ3n) is 6.47. The van der Waals surface area contributed by atoms with E-state index >= 15 is 0 Å². The fourth-order valence-electron chi connectivity index (χ4n) is 4.73. The van der Waals surface area contributed by atoms with E-state index in [4.69, 9.17) is 12.2 Å². The van der Waals surface area contributed by atoms with Gasteiger partial charge in [-0.05, 0) is 66.7 Å². The van der Waals surface area contributed by atoms with Crippen LogP contribution < -0.4 is 10.6 Å². The van der Waals surface area contributed by atoms with E-state index in [9.17, 15) is 4.79 Å². The van der Waals surface area contributed by atoms with Crippen molar-refractivity contribution in [1.82, 2.24) is 24.8 Å². The Balaban J connectivity index is 1.43. The number of nitrogens with zero attached hydrogens (tertiary/aromatic N) is 4. The van der Waals surface area contributed by atoms with Crippen molar-refractivity contribution in [3.8, 4) is 5.69 Å². The van der Waals surface area contributed by atoms with Crippen molar-refractivity contribution < 1.29 is 4.79 Å². The number of para-hydroxylation sites is 1. The van der Waals surface area contributed by atoms with Gasteiger partial charge in [-0.25, -0.2) is 0 Å². The van der Waals surface area contributed by atoms with Gasteiger partial charge >= 0.3 is 0 Å². The Morgan fingerprint density at radius 1 is 1.03 bits per heavy atom. The fraction of sp³-hybridized carbons (Fsp3) is 0.214. The molecular weight excluding hydrogens is 468 g/mol. The summed E-state index contributed by atoms with van der Waals surface area (Å²) >= 11 is 5.79. The van der Waals surface area contributed by atoms with Crippen LogP contribution >= 0.6 is 12.2 Å². The Bertz CT molecular complexity index is 1340. The molecule has 1 fully saturated rings. The van der Waals surface area contributed by atoms with Gasteiger partial charge in [-0.2, -0.15) is 0 Å². The number of carbonyl (C=O) groups excluding carboxylic acids is 1. The molecule has 0 bridgehead atoms. The summed E-state index contributed by atoms with van der Waals surface area (Å²) in [6.45, 7) is 2.56. The number of anilines is 1. The molecule has 182 valence electrons. The van der Waals surface area contributed by atoms with E-state index in [1.807, 2.05) is 66.9 Å². The molecule has 7 nitrogen and oxygen atoms in total. The normalized spacial score (nSPS) is 17.1. The number of carbonyl (C=O) groups is 1. The van der Waals surface area contributed by atoms with Crippen molar-refractivity contribution in [1.29, 1.82) is 0 Å². The van der Waals surface area contributed by atoms with Gasteiger partial charge in [0.05, 0.1) is 17.8 Å². The van der Waals surface area contributed by atoms with Gasteiger partial charge in [0.25, 0.3) is 0 Å². The van der Waals surface area contributed by atoms with Crippen molar-refractivity contribution in [3.05, 3.63) is 108 Å². The van der Waals surface area contributed by atoms with E-state index in [0.717, 1.165) is 34.7 Å². The summed E-state index contributed by atoms with van der Waals surface area (Å²) in [4.78, 5) is 23.8. The SMILES string of the molecule is CCc1ccccc1NC(=O)CCN1C(=S)N[C@@H](c2ccccn2)[C@@H]1c1cccn1-c1ccncc1. The van der Waals surface area contributed by atoms with Crippen molar-refractivity contribution in [2.75, 3.05) is 11.9 Å². The summed E-state index contributed by atoms with van der Waals surface area (Å²) in [5, 5.41) is 7.15. The maximum atomic E-state index is 13.0. The topological polar surface area (TPSA) is 75.1 Å². The summed E-state index contributed by atoms with van der Waals surface area (Å²) < 4.78 is 2.14. The smallest absolute Gasteiger partial charge is 0.226 e. The van der Waals surface area contributed by atoms with Crippen molar-refractivity contribution in [2.45, 2.75) is 31.8 Å². The first-order valence-corrected chi connectivity index (χ1v) is 12.5. The zero-order chi connectivity index (χ0) is 24.9. The second-order valence-corrected chi connectivity index (χ2v) is 9.02. The summed E-state index contributed by atoms with van der Waals surface area (Å²) in [7, 11) is 0. The van der Waals surface area contributed by atoms with E-state index in [1.165, 1.54) is 0 Å². The fourth-order valence-corrected chi connectivity index (χ4v) is 5.06. The van der Waals surface area contributed by atoms with Crippen LogP contribution in [0, 0.1) is 0 Å². The molecule has 0 spiro atoms. The quantitative estimate of drug-likeness (QED) is 0.340. The average molecular weight is 497 g/mol. The van der Waals surface area contributed by atoms with Gasteiger partial charge in [0.2, 0.25) is 5.91 Å². The minimum Gasteiger partial charge on any atom is -0.352 e. The number of aromatic nitrogens is 3. The third-order valence-corrected chi connectivity index (χ3v) is 6.83. The molecule has 1 aliphatic heterocycles. The third kappa shape index (κ3) is 4.85. The first-order valence-electron chi connectivity index (χ1n) is 12.1. The van der Waals surface area contributed by atoms with Crippen LogP contribution in [0.15, 0.2) is 91.5 Å². The molecule has 0 radical (unpaired) electrons. The highest BCUT2D eigenvalue weighted by Gasteiger charge is 2.41. The van der Waals surface area contributed by atoms with E-state index in [-0.39, 0.29) is 18.0 Å². The Kier molecular flexibility index (Phi) is 7.04. The molecule has 2 atom stereocenters. The van der Waals surface area contributed by atoms with Crippen LogP contribution in [-0.4, -0.2) is 37.0 Å². The predicted octanol–water partition coefficient (Wildman–Crippen LogP) is 4.83. The second-order valence-electron chi connectivity index (χ2n) is 8.64. The number of nitrogens with one attached hydrogen (secondary N) is 2. The second kappa shape index (κ2) is 10.7. The lowest BCUT2D eigenvalue weighted by molar-refractivity contribution is -0.116. The maximum absolute atomic E-state index is 13.0. The number of hydrogen-bond donors (Lipinski definition) is 2. The average Bonchev–Trinajstić information content (AvgIpc) is 3.53. The molecule has 1 amide bonds. The minimum absolute atomic E-state index is 0.0387. The summed E-state index contributed by atoms with van der Waals surface area (Å²) in [6.07, 6.45) is 8.55. The molecular formula is C28H28N6OS. The van der Waals surface area contributed by atoms with Crippen molar-refractivity contribution in [2.24, 2.45) is 0 Å². The standard InChI is InChI=1S/C28H28N6OS/c1-2-20-8-3-4-9-22(20)31-25(35)14-19-34-27(26(32-28(34)36)23-10-5-6-15-30-23)24-11-7-18-33(24)21-12-16-29-17-13-21/h3-13,15-18,26-27H,2,14,19H2,1H3,(H,31,35)(H,32,36)/t26-,27-/m0/s1. The monoisotopic (exact) mass is 496 g/mol.